The van der Waals surface area contributed by atoms with E-state index in [0.29, 0.717) is 0 Å². The van der Waals surface area contributed by atoms with Gasteiger partial charge in [-0.2, -0.15) is 10.5 Å². The van der Waals surface area contributed by atoms with E-state index in [0.717, 1.165) is 0 Å². The third-order valence-electron chi connectivity index (χ3n) is 2.81. The van der Waals surface area contributed by atoms with E-state index in [1.165, 1.54) is 4.90 Å². The Balaban J connectivity index is 2.84. The average molecular weight is 269 g/mol. The lowest BCUT2D eigenvalue weighted by Crippen LogP contribution is -2.47. The summed E-state index contributed by atoms with van der Waals surface area (Å²) in [4.78, 5) is 1.45. The van der Waals surface area contributed by atoms with Gasteiger partial charge in [-0.05, 0) is 0 Å². The lowest BCUT2D eigenvalue weighted by atomic mass is 10.0. The number of hydrogen-bond donors (Lipinski definition) is 4. The van der Waals surface area contributed by atoms with Crippen molar-refractivity contribution in [2.24, 2.45) is 0 Å². The molecule has 0 spiro atoms. The zero-order valence-electron chi connectivity index (χ0n) is 10.3. The van der Waals surface area contributed by atoms with Crippen LogP contribution in [-0.2, 0) is 4.74 Å². The van der Waals surface area contributed by atoms with Crippen LogP contribution in [0.15, 0.2) is 11.5 Å². The van der Waals surface area contributed by atoms with Gasteiger partial charge >= 0.3 is 0 Å². The molecule has 8 nitrogen and oxygen atoms in total. The minimum atomic E-state index is -1.59. The summed E-state index contributed by atoms with van der Waals surface area (Å²) in [6.07, 6.45) is -5.45. The van der Waals surface area contributed by atoms with E-state index >= 15 is 0 Å². The highest BCUT2D eigenvalue weighted by atomic mass is 16.5. The molecule has 1 heterocycles. The van der Waals surface area contributed by atoms with Gasteiger partial charge in [-0.25, -0.2) is 0 Å². The third kappa shape index (κ3) is 3.13. The molecular weight excluding hydrogens is 254 g/mol. The molecule has 1 fully saturated rings. The SMILES string of the molecule is CN1CC([C@H](O)[C@@H](O)[C@@H](O)CO)OC1=C(C#N)C#N. The summed E-state index contributed by atoms with van der Waals surface area (Å²) in [5.74, 6) is 0.0136. The molecule has 0 aromatic carbocycles. The molecule has 0 saturated carbocycles. The summed E-state index contributed by atoms with van der Waals surface area (Å²) in [7, 11) is 1.56. The summed E-state index contributed by atoms with van der Waals surface area (Å²) in [5, 5.41) is 54.8. The van der Waals surface area contributed by atoms with Gasteiger partial charge in [-0.15, -0.1) is 0 Å². The van der Waals surface area contributed by atoms with Gasteiger partial charge in [0, 0.05) is 7.05 Å². The van der Waals surface area contributed by atoms with Crippen LogP contribution in [0.4, 0.5) is 0 Å². The van der Waals surface area contributed by atoms with Crippen molar-refractivity contribution in [2.75, 3.05) is 20.2 Å². The number of allylic oxidation sites excluding steroid dienone is 1. The van der Waals surface area contributed by atoms with E-state index in [1.807, 2.05) is 0 Å². The fraction of sp³-hybridized carbons (Fsp3) is 0.636. The molecule has 4 N–H and O–H groups in total. The van der Waals surface area contributed by atoms with Crippen molar-refractivity contribution in [2.45, 2.75) is 24.4 Å². The highest BCUT2D eigenvalue weighted by Crippen LogP contribution is 2.24. The lowest BCUT2D eigenvalue weighted by Gasteiger charge is -2.24. The molecule has 0 radical (unpaired) electrons. The molecule has 1 rings (SSSR count). The van der Waals surface area contributed by atoms with Gasteiger partial charge in [0.1, 0.15) is 36.6 Å². The van der Waals surface area contributed by atoms with Gasteiger partial charge in [0.2, 0.25) is 5.88 Å². The summed E-state index contributed by atoms with van der Waals surface area (Å²) in [6.45, 7) is -0.566. The summed E-state index contributed by atoms with van der Waals surface area (Å²) >= 11 is 0. The molecule has 1 aliphatic heterocycles. The van der Waals surface area contributed by atoms with Crippen LogP contribution < -0.4 is 0 Å². The minimum Gasteiger partial charge on any atom is -0.470 e. The molecule has 19 heavy (non-hydrogen) atoms. The maximum absolute atomic E-state index is 9.82. The number of rotatable bonds is 4. The van der Waals surface area contributed by atoms with Gasteiger partial charge in [-0.3, -0.25) is 0 Å². The van der Waals surface area contributed by atoms with Gasteiger partial charge in [0.25, 0.3) is 0 Å². The maximum atomic E-state index is 9.82. The third-order valence-corrected chi connectivity index (χ3v) is 2.81. The standard InChI is InChI=1S/C11H15N3O5/c1-14-4-8(10(18)9(17)7(16)5-15)19-11(14)6(2-12)3-13/h7-10,15-18H,4-5H2,1H3/t7-,8?,9-,10-/m0/s1. The number of likely N-dealkylation sites (N-methyl/N-ethyl adjacent to an activating group) is 1. The quantitative estimate of drug-likeness (QED) is 0.416. The fourth-order valence-corrected chi connectivity index (χ4v) is 1.73. The average Bonchev–Trinajstić information content (AvgIpc) is 2.80. The van der Waals surface area contributed by atoms with E-state index in [9.17, 15) is 15.3 Å². The zero-order valence-corrected chi connectivity index (χ0v) is 10.3. The van der Waals surface area contributed by atoms with Gasteiger partial charge in [-0.1, -0.05) is 0 Å². The number of ether oxygens (including phenoxy) is 1. The number of hydrogen-bond acceptors (Lipinski definition) is 8. The molecule has 104 valence electrons. The second-order valence-corrected chi connectivity index (χ2v) is 4.17. The highest BCUT2D eigenvalue weighted by molar-refractivity contribution is 5.38. The smallest absolute Gasteiger partial charge is 0.219 e. The van der Waals surface area contributed by atoms with Crippen LogP contribution in [0.1, 0.15) is 0 Å². The van der Waals surface area contributed by atoms with E-state index < -0.39 is 31.0 Å². The number of nitrogens with zero attached hydrogens (tertiary/aromatic N) is 3. The normalized spacial score (nSPS) is 23.0. The van der Waals surface area contributed by atoms with Crippen LogP contribution in [-0.4, -0.2) is 69.9 Å². The van der Waals surface area contributed by atoms with Crippen LogP contribution >= 0.6 is 0 Å². The Morgan fingerprint density at radius 1 is 1.42 bits per heavy atom. The van der Waals surface area contributed by atoms with E-state index in [4.69, 9.17) is 20.4 Å². The Bertz CT molecular complexity index is 423. The molecule has 8 heteroatoms. The molecule has 1 unspecified atom stereocenters. The predicted molar refractivity (Wildman–Crippen MR) is 60.9 cm³/mol. The largest absolute Gasteiger partial charge is 0.470 e. The Morgan fingerprint density at radius 2 is 2.00 bits per heavy atom. The van der Waals surface area contributed by atoms with Crippen molar-refractivity contribution in [3.63, 3.8) is 0 Å². The van der Waals surface area contributed by atoms with Crippen LogP contribution in [0, 0.1) is 22.7 Å². The Kier molecular flexibility index (Phi) is 5.10. The van der Waals surface area contributed by atoms with Crippen molar-refractivity contribution in [3.05, 3.63) is 11.5 Å². The number of aliphatic hydroxyl groups is 4. The molecule has 0 bridgehead atoms. The first-order chi connectivity index (χ1) is 8.96. The first-order valence-electron chi connectivity index (χ1n) is 5.53. The topological polar surface area (TPSA) is 141 Å². The fourth-order valence-electron chi connectivity index (χ4n) is 1.73. The first-order valence-corrected chi connectivity index (χ1v) is 5.53. The molecular formula is C11H15N3O5. The Hall–Kier alpha value is -1.84. The van der Waals surface area contributed by atoms with Crippen molar-refractivity contribution in [1.29, 1.82) is 10.5 Å². The van der Waals surface area contributed by atoms with Crippen molar-refractivity contribution < 1.29 is 25.2 Å². The summed E-state index contributed by atoms with van der Waals surface area (Å²) < 4.78 is 5.25. The minimum absolute atomic E-state index is 0.0136. The molecule has 4 atom stereocenters. The number of nitriles is 2. The highest BCUT2D eigenvalue weighted by Gasteiger charge is 2.39. The molecule has 0 amide bonds. The number of aliphatic hydroxyl groups excluding tert-OH is 4. The Labute approximate surface area is 110 Å². The van der Waals surface area contributed by atoms with Gasteiger partial charge in [0.05, 0.1) is 13.2 Å². The summed E-state index contributed by atoms with van der Waals surface area (Å²) in [5.41, 5.74) is -0.241. The van der Waals surface area contributed by atoms with Gasteiger partial charge < -0.3 is 30.1 Å². The van der Waals surface area contributed by atoms with Crippen molar-refractivity contribution in [1.82, 2.24) is 4.90 Å². The van der Waals surface area contributed by atoms with E-state index in [-0.39, 0.29) is 18.0 Å². The molecule has 0 aliphatic carbocycles. The second-order valence-electron chi connectivity index (χ2n) is 4.17. The molecule has 1 aliphatic rings. The van der Waals surface area contributed by atoms with E-state index in [1.54, 1.807) is 19.2 Å². The van der Waals surface area contributed by atoms with Crippen LogP contribution in [0.3, 0.4) is 0 Å². The zero-order chi connectivity index (χ0) is 14.6. The molecule has 0 aromatic heterocycles. The monoisotopic (exact) mass is 269 g/mol. The van der Waals surface area contributed by atoms with Gasteiger partial charge in [0.15, 0.2) is 5.57 Å². The van der Waals surface area contributed by atoms with Crippen molar-refractivity contribution in [3.8, 4) is 12.1 Å². The lowest BCUT2D eigenvalue weighted by molar-refractivity contribution is -0.110. The van der Waals surface area contributed by atoms with Crippen LogP contribution in [0.5, 0.6) is 0 Å². The molecule has 1 saturated heterocycles. The first kappa shape index (κ1) is 15.2. The molecule has 0 aromatic rings. The van der Waals surface area contributed by atoms with Crippen LogP contribution in [0.2, 0.25) is 0 Å². The van der Waals surface area contributed by atoms with Crippen molar-refractivity contribution >= 4 is 0 Å². The van der Waals surface area contributed by atoms with Crippen LogP contribution in [0.25, 0.3) is 0 Å². The van der Waals surface area contributed by atoms with E-state index in [2.05, 4.69) is 0 Å². The second kappa shape index (κ2) is 6.36. The Morgan fingerprint density at radius 3 is 2.47 bits per heavy atom. The maximum Gasteiger partial charge on any atom is 0.219 e. The predicted octanol–water partition coefficient (Wildman–Crippen LogP) is -2.35. The summed E-state index contributed by atoms with van der Waals surface area (Å²) in [6, 6.07) is 3.33.